The summed E-state index contributed by atoms with van der Waals surface area (Å²) < 4.78 is 2.80. The van der Waals surface area contributed by atoms with Crippen molar-refractivity contribution in [1.82, 2.24) is 24.7 Å². The first-order valence-electron chi connectivity index (χ1n) is 8.56. The highest BCUT2D eigenvalue weighted by Gasteiger charge is 2.13. The quantitative estimate of drug-likeness (QED) is 0.345. The molecule has 0 fully saturated rings. The fourth-order valence-electron chi connectivity index (χ4n) is 2.74. The van der Waals surface area contributed by atoms with Gasteiger partial charge >= 0.3 is 0 Å². The van der Waals surface area contributed by atoms with Gasteiger partial charge in [-0.2, -0.15) is 0 Å². The number of allylic oxidation sites excluding steroid dienone is 1. The van der Waals surface area contributed by atoms with Crippen LogP contribution in [0.3, 0.4) is 0 Å². The number of nitrogens with zero attached hydrogens (tertiary/aromatic N) is 4. The molecule has 2 aromatic carbocycles. The van der Waals surface area contributed by atoms with E-state index >= 15 is 0 Å². The molecule has 8 heteroatoms. The molecule has 2 heterocycles. The summed E-state index contributed by atoms with van der Waals surface area (Å²) in [5, 5.41) is 5.14. The SMILES string of the molecule is C=CCn1nc(SCc2nc3ccccc3[nH]c2=O)nc1-c1ccc(Br)cc1. The second-order valence-corrected chi connectivity index (χ2v) is 7.87. The van der Waals surface area contributed by atoms with E-state index in [1.165, 1.54) is 11.8 Å². The van der Waals surface area contributed by atoms with Crippen LogP contribution in [0.2, 0.25) is 0 Å². The Labute approximate surface area is 173 Å². The van der Waals surface area contributed by atoms with E-state index in [2.05, 4.69) is 42.6 Å². The summed E-state index contributed by atoms with van der Waals surface area (Å²) in [6.45, 7) is 4.34. The lowest BCUT2D eigenvalue weighted by Gasteiger charge is -2.02. The van der Waals surface area contributed by atoms with Crippen molar-refractivity contribution in [2.75, 3.05) is 0 Å². The fourth-order valence-corrected chi connectivity index (χ4v) is 3.78. The maximum Gasteiger partial charge on any atom is 0.271 e. The Bertz CT molecular complexity index is 1200. The molecule has 4 aromatic rings. The summed E-state index contributed by atoms with van der Waals surface area (Å²) in [5.74, 6) is 1.15. The van der Waals surface area contributed by atoms with Gasteiger partial charge in [-0.25, -0.2) is 14.6 Å². The van der Waals surface area contributed by atoms with Crippen LogP contribution in [-0.4, -0.2) is 24.7 Å². The van der Waals surface area contributed by atoms with Gasteiger partial charge in [0.05, 0.1) is 17.6 Å². The number of halogens is 1. The Balaban J connectivity index is 1.61. The van der Waals surface area contributed by atoms with Gasteiger partial charge in [-0.15, -0.1) is 11.7 Å². The monoisotopic (exact) mass is 453 g/mol. The van der Waals surface area contributed by atoms with Crippen LogP contribution in [0.4, 0.5) is 0 Å². The molecule has 28 heavy (non-hydrogen) atoms. The molecule has 0 aliphatic carbocycles. The normalized spacial score (nSPS) is 11.0. The average Bonchev–Trinajstić information content (AvgIpc) is 3.10. The Morgan fingerprint density at radius 2 is 1.93 bits per heavy atom. The molecule has 0 saturated heterocycles. The van der Waals surface area contributed by atoms with Crippen LogP contribution in [0.25, 0.3) is 22.4 Å². The summed E-state index contributed by atoms with van der Waals surface area (Å²) in [4.78, 5) is 24.3. The van der Waals surface area contributed by atoms with Gasteiger partial charge in [0.1, 0.15) is 5.69 Å². The third kappa shape index (κ3) is 3.93. The summed E-state index contributed by atoms with van der Waals surface area (Å²) in [5.41, 5.74) is 2.72. The maximum absolute atomic E-state index is 12.3. The minimum atomic E-state index is -0.190. The van der Waals surface area contributed by atoms with Gasteiger partial charge in [0.25, 0.3) is 5.56 Å². The van der Waals surface area contributed by atoms with Crippen molar-refractivity contribution < 1.29 is 0 Å². The lowest BCUT2D eigenvalue weighted by Crippen LogP contribution is -2.14. The van der Waals surface area contributed by atoms with E-state index in [4.69, 9.17) is 0 Å². The minimum absolute atomic E-state index is 0.190. The molecule has 0 bridgehead atoms. The highest BCUT2D eigenvalue weighted by Crippen LogP contribution is 2.25. The van der Waals surface area contributed by atoms with Gasteiger partial charge in [-0.1, -0.05) is 58.0 Å². The Kier molecular flexibility index (Phi) is 5.40. The number of hydrogen-bond acceptors (Lipinski definition) is 5. The minimum Gasteiger partial charge on any atom is -0.319 e. The van der Waals surface area contributed by atoms with Gasteiger partial charge < -0.3 is 4.98 Å². The number of hydrogen-bond donors (Lipinski definition) is 1. The molecular weight excluding hydrogens is 438 g/mol. The number of para-hydroxylation sites is 2. The zero-order valence-electron chi connectivity index (χ0n) is 14.8. The zero-order chi connectivity index (χ0) is 19.5. The van der Waals surface area contributed by atoms with Crippen LogP contribution in [-0.2, 0) is 12.3 Å². The molecule has 0 spiro atoms. The lowest BCUT2D eigenvalue weighted by molar-refractivity contribution is 0.687. The van der Waals surface area contributed by atoms with Crippen molar-refractivity contribution in [3.05, 3.63) is 81.7 Å². The van der Waals surface area contributed by atoms with E-state index < -0.39 is 0 Å². The number of rotatable bonds is 6. The smallest absolute Gasteiger partial charge is 0.271 e. The molecule has 6 nitrogen and oxygen atoms in total. The summed E-state index contributed by atoms with van der Waals surface area (Å²) in [6.07, 6.45) is 1.78. The molecule has 0 unspecified atom stereocenters. The van der Waals surface area contributed by atoms with Gasteiger partial charge in [0.15, 0.2) is 5.82 Å². The van der Waals surface area contributed by atoms with E-state index in [0.717, 1.165) is 26.9 Å². The van der Waals surface area contributed by atoms with Crippen LogP contribution < -0.4 is 5.56 Å². The van der Waals surface area contributed by atoms with Crippen LogP contribution in [0.5, 0.6) is 0 Å². The van der Waals surface area contributed by atoms with Crippen molar-refractivity contribution >= 4 is 38.7 Å². The molecule has 4 rings (SSSR count). The summed E-state index contributed by atoms with van der Waals surface area (Å²) in [7, 11) is 0. The van der Waals surface area contributed by atoms with Crippen molar-refractivity contribution in [2.24, 2.45) is 0 Å². The highest BCUT2D eigenvalue weighted by atomic mass is 79.9. The molecule has 0 amide bonds. The van der Waals surface area contributed by atoms with Crippen LogP contribution in [0, 0.1) is 0 Å². The molecule has 1 N–H and O–H groups in total. The van der Waals surface area contributed by atoms with E-state index in [0.29, 0.717) is 23.1 Å². The van der Waals surface area contributed by atoms with Crippen molar-refractivity contribution in [1.29, 1.82) is 0 Å². The number of benzene rings is 2. The molecule has 2 aromatic heterocycles. The van der Waals surface area contributed by atoms with Crippen LogP contribution >= 0.6 is 27.7 Å². The summed E-state index contributed by atoms with van der Waals surface area (Å²) >= 11 is 4.83. The number of H-pyrrole nitrogens is 1. The predicted octanol–water partition coefficient (Wildman–Crippen LogP) is 4.42. The largest absolute Gasteiger partial charge is 0.319 e. The first-order valence-corrected chi connectivity index (χ1v) is 10.3. The van der Waals surface area contributed by atoms with Gasteiger partial charge in [-0.05, 0) is 24.3 Å². The molecule has 140 valence electrons. The fraction of sp³-hybridized carbons (Fsp3) is 0.100. The number of fused-ring (bicyclic) bond motifs is 1. The van der Waals surface area contributed by atoms with Crippen LogP contribution in [0.15, 0.2) is 75.6 Å². The van der Waals surface area contributed by atoms with Gasteiger partial charge in [0, 0.05) is 15.8 Å². The first-order chi connectivity index (χ1) is 13.6. The topological polar surface area (TPSA) is 76.5 Å². The van der Waals surface area contributed by atoms with Crippen molar-refractivity contribution in [2.45, 2.75) is 17.5 Å². The average molecular weight is 454 g/mol. The molecule has 0 aliphatic heterocycles. The lowest BCUT2D eigenvalue weighted by atomic mass is 10.2. The number of nitrogens with one attached hydrogen (secondary N) is 1. The maximum atomic E-state index is 12.3. The highest BCUT2D eigenvalue weighted by molar-refractivity contribution is 9.10. The first kappa shape index (κ1) is 18.6. The second kappa shape index (κ2) is 8.12. The number of thioether (sulfide) groups is 1. The third-order valence-electron chi connectivity index (χ3n) is 4.06. The van der Waals surface area contributed by atoms with Crippen LogP contribution in [0.1, 0.15) is 5.69 Å². The molecular formula is C20H16BrN5OS. The van der Waals surface area contributed by atoms with E-state index in [1.54, 1.807) is 10.8 Å². The Morgan fingerprint density at radius 1 is 1.14 bits per heavy atom. The number of aromatic amines is 1. The standard InChI is InChI=1S/C20H16BrN5OS/c1-2-11-26-18(13-7-9-14(21)10-8-13)24-20(25-26)28-12-17-19(27)23-16-6-4-3-5-15(16)22-17/h2-10H,1,11-12H2,(H,23,27). The van der Waals surface area contributed by atoms with E-state index in [-0.39, 0.29) is 5.56 Å². The predicted molar refractivity (Wildman–Crippen MR) is 115 cm³/mol. The van der Waals surface area contributed by atoms with E-state index in [1.807, 2.05) is 48.5 Å². The van der Waals surface area contributed by atoms with E-state index in [9.17, 15) is 4.79 Å². The van der Waals surface area contributed by atoms with Gasteiger partial charge in [0.2, 0.25) is 5.16 Å². The van der Waals surface area contributed by atoms with Crippen molar-refractivity contribution in [3.8, 4) is 11.4 Å². The van der Waals surface area contributed by atoms with Gasteiger partial charge in [-0.3, -0.25) is 4.79 Å². The molecule has 0 atom stereocenters. The summed E-state index contributed by atoms with van der Waals surface area (Å²) in [6, 6.07) is 15.4. The second-order valence-electron chi connectivity index (χ2n) is 6.01. The number of aromatic nitrogens is 5. The van der Waals surface area contributed by atoms with Crippen molar-refractivity contribution in [3.63, 3.8) is 0 Å². The Hall–Kier alpha value is -2.71. The Morgan fingerprint density at radius 3 is 2.71 bits per heavy atom. The zero-order valence-corrected chi connectivity index (χ0v) is 17.2. The molecule has 0 saturated carbocycles. The molecule has 0 radical (unpaired) electrons. The third-order valence-corrected chi connectivity index (χ3v) is 5.44. The molecule has 0 aliphatic rings.